The van der Waals surface area contributed by atoms with Crippen LogP contribution >= 0.6 is 11.8 Å². The van der Waals surface area contributed by atoms with E-state index in [4.69, 9.17) is 0 Å². The Labute approximate surface area is 141 Å². The fourth-order valence-corrected chi connectivity index (χ4v) is 4.05. The van der Waals surface area contributed by atoms with Crippen LogP contribution in [0.2, 0.25) is 0 Å². The summed E-state index contributed by atoms with van der Waals surface area (Å²) >= 11 is 1.48. The minimum absolute atomic E-state index is 0.205. The van der Waals surface area contributed by atoms with Crippen molar-refractivity contribution in [2.75, 3.05) is 18.8 Å². The van der Waals surface area contributed by atoms with Gasteiger partial charge < -0.3 is 4.90 Å². The van der Waals surface area contributed by atoms with Gasteiger partial charge in [-0.15, -0.1) is 4.68 Å². The molecule has 1 aromatic carbocycles. The van der Waals surface area contributed by atoms with Crippen molar-refractivity contribution >= 4 is 17.7 Å². The third kappa shape index (κ3) is 3.93. The number of piperidine rings is 1. The second-order valence-corrected chi connectivity index (χ2v) is 7.32. The average molecular weight is 331 g/mol. The molecule has 1 aliphatic rings. The number of carbonyl (C=O) groups is 1. The van der Waals surface area contributed by atoms with E-state index >= 15 is 0 Å². The van der Waals surface area contributed by atoms with Crippen LogP contribution in [0.15, 0.2) is 41.8 Å². The number of nitrogens with zero attached hydrogens (tertiary/aromatic N) is 3. The molecule has 0 bridgehead atoms. The predicted molar refractivity (Wildman–Crippen MR) is 90.4 cm³/mol. The molecule has 1 N–H and O–H groups in total. The van der Waals surface area contributed by atoms with Crippen molar-refractivity contribution in [1.29, 1.82) is 0 Å². The minimum atomic E-state index is 0.205. The quantitative estimate of drug-likeness (QED) is 0.691. The van der Waals surface area contributed by atoms with E-state index < -0.39 is 0 Å². The van der Waals surface area contributed by atoms with Gasteiger partial charge in [0, 0.05) is 13.1 Å². The lowest BCUT2D eigenvalue weighted by Gasteiger charge is -2.34. The first kappa shape index (κ1) is 16.1. The van der Waals surface area contributed by atoms with Crippen LogP contribution in [0.25, 0.3) is 5.69 Å². The summed E-state index contributed by atoms with van der Waals surface area (Å²) in [5.41, 5.74) is 1.01. The summed E-state index contributed by atoms with van der Waals surface area (Å²) in [6, 6.07) is 9.98. The number of H-pyrrole nitrogens is 1. The van der Waals surface area contributed by atoms with Gasteiger partial charge in [0.2, 0.25) is 12.2 Å². The molecule has 0 saturated carbocycles. The minimum Gasteiger partial charge on any atom is -0.341 e. The topological polar surface area (TPSA) is 52.9 Å². The van der Waals surface area contributed by atoms with Crippen LogP contribution in [0.1, 0.15) is 20.3 Å². The van der Waals surface area contributed by atoms with Crippen LogP contribution in [0.3, 0.4) is 0 Å². The number of nitrogens with one attached hydrogen (secondary N) is 1. The Morgan fingerprint density at radius 2 is 2.00 bits per heavy atom. The van der Waals surface area contributed by atoms with Crippen LogP contribution in [0.4, 0.5) is 0 Å². The summed E-state index contributed by atoms with van der Waals surface area (Å²) < 4.78 is 1.90. The lowest BCUT2D eigenvalue weighted by atomic mass is 9.92. The first-order valence-electron chi connectivity index (χ1n) is 8.05. The third-order valence-corrected chi connectivity index (χ3v) is 5.05. The van der Waals surface area contributed by atoms with Crippen molar-refractivity contribution in [2.45, 2.75) is 25.4 Å². The van der Waals surface area contributed by atoms with Gasteiger partial charge in [0.15, 0.2) is 5.69 Å². The zero-order valence-electron chi connectivity index (χ0n) is 13.6. The summed E-state index contributed by atoms with van der Waals surface area (Å²) in [5.74, 6) is 1.81. The molecule has 2 heterocycles. The van der Waals surface area contributed by atoms with Crippen LogP contribution in [-0.4, -0.2) is 39.7 Å². The van der Waals surface area contributed by atoms with Gasteiger partial charge in [-0.25, -0.2) is 0 Å². The molecule has 1 amide bonds. The Morgan fingerprint density at radius 3 is 2.70 bits per heavy atom. The Hall–Kier alpha value is -1.82. The van der Waals surface area contributed by atoms with Gasteiger partial charge in [0.1, 0.15) is 0 Å². The summed E-state index contributed by atoms with van der Waals surface area (Å²) in [5, 5.41) is 3.91. The molecule has 1 aromatic heterocycles. The highest BCUT2D eigenvalue weighted by Crippen LogP contribution is 2.22. The Kier molecular flexibility index (Phi) is 5.00. The smallest absolute Gasteiger partial charge is 0.341 e. The fourth-order valence-electron chi connectivity index (χ4n) is 3.20. The second-order valence-electron chi connectivity index (χ2n) is 6.37. The molecule has 0 aliphatic carbocycles. The van der Waals surface area contributed by atoms with E-state index in [1.807, 2.05) is 39.9 Å². The molecule has 2 unspecified atom stereocenters. The highest BCUT2D eigenvalue weighted by molar-refractivity contribution is 7.99. The maximum absolute atomic E-state index is 12.5. The first-order valence-corrected chi connectivity index (χ1v) is 9.03. The van der Waals surface area contributed by atoms with Crippen LogP contribution in [-0.2, 0) is 4.79 Å². The molecule has 122 valence electrons. The number of likely N-dealkylation sites (tertiary alicyclic amines) is 1. The maximum Gasteiger partial charge on any atom is 0.385 e. The van der Waals surface area contributed by atoms with Gasteiger partial charge in [-0.3, -0.25) is 4.79 Å². The Bertz CT molecular complexity index is 648. The third-order valence-electron chi connectivity index (χ3n) is 4.11. The van der Waals surface area contributed by atoms with Gasteiger partial charge in [-0.1, -0.05) is 32.0 Å². The molecule has 23 heavy (non-hydrogen) atoms. The molecule has 1 saturated heterocycles. The van der Waals surface area contributed by atoms with Gasteiger partial charge in [-0.05, 0) is 47.1 Å². The largest absolute Gasteiger partial charge is 0.385 e. The number of hydrogen-bond donors (Lipinski definition) is 1. The Morgan fingerprint density at radius 1 is 1.30 bits per heavy atom. The number of carbonyl (C=O) groups excluding carboxylic acids is 1. The number of para-hydroxylation sites is 1. The molecule has 6 heteroatoms. The highest BCUT2D eigenvalue weighted by Gasteiger charge is 2.26. The first-order chi connectivity index (χ1) is 11.1. The summed E-state index contributed by atoms with van der Waals surface area (Å²) in [4.78, 5) is 18.8. The van der Waals surface area contributed by atoms with Crippen molar-refractivity contribution in [3.63, 3.8) is 0 Å². The zero-order valence-corrected chi connectivity index (χ0v) is 14.4. The molecule has 2 aromatic rings. The number of aromatic amines is 1. The van der Waals surface area contributed by atoms with Crippen LogP contribution in [0, 0.1) is 11.8 Å². The zero-order chi connectivity index (χ0) is 16.2. The van der Waals surface area contributed by atoms with E-state index in [1.165, 1.54) is 18.2 Å². The van der Waals surface area contributed by atoms with Crippen molar-refractivity contribution in [3.05, 3.63) is 36.7 Å². The van der Waals surface area contributed by atoms with Crippen LogP contribution < -0.4 is 4.68 Å². The molecule has 2 atom stereocenters. The number of amides is 1. The molecule has 0 radical (unpaired) electrons. The maximum atomic E-state index is 12.5. The monoisotopic (exact) mass is 331 g/mol. The lowest BCUT2D eigenvalue weighted by Crippen LogP contribution is -2.43. The number of benzene rings is 1. The van der Waals surface area contributed by atoms with E-state index in [2.05, 4.69) is 23.9 Å². The molecular weight excluding hydrogens is 308 g/mol. The normalized spacial score (nSPS) is 21.4. The van der Waals surface area contributed by atoms with Gasteiger partial charge in [0.25, 0.3) is 0 Å². The summed E-state index contributed by atoms with van der Waals surface area (Å²) in [6.45, 7) is 6.20. The second kappa shape index (κ2) is 7.17. The van der Waals surface area contributed by atoms with E-state index in [0.29, 0.717) is 17.6 Å². The van der Waals surface area contributed by atoms with E-state index in [-0.39, 0.29) is 5.91 Å². The Balaban J connectivity index is 1.63. The van der Waals surface area contributed by atoms with Gasteiger partial charge in [0.05, 0.1) is 5.75 Å². The number of thioether (sulfide) groups is 1. The number of rotatable bonds is 4. The van der Waals surface area contributed by atoms with Gasteiger partial charge >= 0.3 is 5.16 Å². The van der Waals surface area contributed by atoms with Crippen LogP contribution in [0.5, 0.6) is 0 Å². The SMILES string of the molecule is CC1CC(C)CN(C(=O)CSc2nc[nH][n+]2-c2ccccc2)C1. The van der Waals surface area contributed by atoms with E-state index in [1.54, 1.807) is 6.33 Å². The molecule has 5 nitrogen and oxygen atoms in total. The van der Waals surface area contributed by atoms with Crippen molar-refractivity contribution in [2.24, 2.45) is 11.8 Å². The molecule has 1 fully saturated rings. The molecular formula is C17H23N4OS+. The molecule has 3 rings (SSSR count). The average Bonchev–Trinajstić information content (AvgIpc) is 3.01. The van der Waals surface area contributed by atoms with Gasteiger partial charge in [-0.2, -0.15) is 5.10 Å². The van der Waals surface area contributed by atoms with E-state index in [0.717, 1.165) is 23.9 Å². The predicted octanol–water partition coefficient (Wildman–Crippen LogP) is 2.28. The van der Waals surface area contributed by atoms with Crippen molar-refractivity contribution < 1.29 is 9.48 Å². The standard InChI is InChI=1S/C17H22N4OS/c1-13-8-14(2)10-20(9-13)16(22)11-23-17-18-12-19-21(17)15-6-4-3-5-7-15/h3-7,12-14H,8-11H2,1-2H3/p+1. The van der Waals surface area contributed by atoms with Crippen molar-refractivity contribution in [1.82, 2.24) is 15.0 Å². The number of hydrogen-bond acceptors (Lipinski definition) is 3. The summed E-state index contributed by atoms with van der Waals surface area (Å²) in [7, 11) is 0. The fraction of sp³-hybridized carbons (Fsp3) is 0.471. The number of aromatic nitrogens is 3. The lowest BCUT2D eigenvalue weighted by molar-refractivity contribution is -0.694. The van der Waals surface area contributed by atoms with E-state index in [9.17, 15) is 4.79 Å². The highest BCUT2D eigenvalue weighted by atomic mass is 32.2. The van der Waals surface area contributed by atoms with Crippen molar-refractivity contribution in [3.8, 4) is 5.69 Å². The molecule has 0 spiro atoms. The summed E-state index contributed by atoms with van der Waals surface area (Å²) in [6.07, 6.45) is 2.87. The molecule has 1 aliphatic heterocycles.